The molecule has 0 spiro atoms. The SMILES string of the molecule is O=C(Cn1cc(-c2ccccc2Cl)c2c(OCCOCc3ccccc3)ncnc21)N1CCC(n2c(=O)[nH]c3ncccc32)CC1. The highest BCUT2D eigenvalue weighted by Crippen LogP contribution is 2.38. The Balaban J connectivity index is 1.08. The first-order valence-electron chi connectivity index (χ1n) is 15.2. The average Bonchev–Trinajstić information content (AvgIpc) is 3.62. The second-order valence-electron chi connectivity index (χ2n) is 11.2. The fraction of sp³-hybridized carbons (Fsp3) is 0.265. The summed E-state index contributed by atoms with van der Waals surface area (Å²) in [6.45, 7) is 2.30. The van der Waals surface area contributed by atoms with Crippen LogP contribution in [-0.2, 0) is 22.7 Å². The largest absolute Gasteiger partial charge is 0.475 e. The molecule has 1 aliphatic heterocycles. The third-order valence-electron chi connectivity index (χ3n) is 8.34. The van der Waals surface area contributed by atoms with Gasteiger partial charge in [0.05, 0.1) is 24.1 Å². The van der Waals surface area contributed by atoms with Crippen LogP contribution < -0.4 is 10.4 Å². The topological polar surface area (TPSA) is 120 Å². The molecule has 7 rings (SSSR count). The van der Waals surface area contributed by atoms with E-state index < -0.39 is 0 Å². The molecule has 5 heterocycles. The van der Waals surface area contributed by atoms with E-state index >= 15 is 0 Å². The van der Waals surface area contributed by atoms with Gasteiger partial charge >= 0.3 is 5.69 Å². The molecule has 4 aromatic heterocycles. The van der Waals surface area contributed by atoms with Gasteiger partial charge in [-0.25, -0.2) is 19.7 Å². The van der Waals surface area contributed by atoms with Crippen LogP contribution in [0.15, 0.2) is 90.2 Å². The molecule has 6 aromatic rings. The number of aromatic nitrogens is 6. The molecule has 1 aliphatic rings. The molecule has 1 amide bonds. The first-order valence-corrected chi connectivity index (χ1v) is 15.6. The van der Waals surface area contributed by atoms with E-state index in [1.807, 2.05) is 82.4 Å². The highest BCUT2D eigenvalue weighted by molar-refractivity contribution is 6.33. The van der Waals surface area contributed by atoms with Crippen molar-refractivity contribution in [3.05, 3.63) is 107 Å². The normalized spacial score (nSPS) is 13.9. The fourth-order valence-corrected chi connectivity index (χ4v) is 6.35. The number of rotatable bonds is 10. The number of hydrogen-bond donors (Lipinski definition) is 1. The maximum Gasteiger partial charge on any atom is 0.327 e. The van der Waals surface area contributed by atoms with Crippen LogP contribution in [0.2, 0.25) is 5.02 Å². The fourth-order valence-electron chi connectivity index (χ4n) is 6.11. The third kappa shape index (κ3) is 5.99. The summed E-state index contributed by atoms with van der Waals surface area (Å²) in [6, 6.07) is 21.2. The maximum atomic E-state index is 13.6. The minimum absolute atomic E-state index is 0.0159. The summed E-state index contributed by atoms with van der Waals surface area (Å²) in [5.41, 5.74) is 4.41. The van der Waals surface area contributed by atoms with Crippen molar-refractivity contribution in [2.75, 3.05) is 26.3 Å². The summed E-state index contributed by atoms with van der Waals surface area (Å²) in [5.74, 6) is 0.360. The number of halogens is 1. The Bertz CT molecular complexity index is 2050. The van der Waals surface area contributed by atoms with Crippen LogP contribution in [-0.4, -0.2) is 66.2 Å². The van der Waals surface area contributed by atoms with Crippen molar-refractivity contribution in [3.63, 3.8) is 0 Å². The van der Waals surface area contributed by atoms with Gasteiger partial charge in [0.1, 0.15) is 25.1 Å². The highest BCUT2D eigenvalue weighted by Gasteiger charge is 2.27. The number of benzene rings is 2. The first kappa shape index (κ1) is 29.7. The van der Waals surface area contributed by atoms with E-state index in [1.54, 1.807) is 10.8 Å². The van der Waals surface area contributed by atoms with Gasteiger partial charge in [-0.05, 0) is 36.6 Å². The molecule has 2 aromatic carbocycles. The molecule has 46 heavy (non-hydrogen) atoms. The smallest absolute Gasteiger partial charge is 0.327 e. The number of ether oxygens (including phenoxy) is 2. The number of nitrogens with zero attached hydrogens (tertiary/aromatic N) is 6. The summed E-state index contributed by atoms with van der Waals surface area (Å²) in [4.78, 5) is 44.3. The number of likely N-dealkylation sites (tertiary alicyclic amines) is 1. The summed E-state index contributed by atoms with van der Waals surface area (Å²) in [7, 11) is 0. The zero-order valence-electron chi connectivity index (χ0n) is 25.0. The summed E-state index contributed by atoms with van der Waals surface area (Å²) in [6.07, 6.45) is 6.32. The van der Waals surface area contributed by atoms with Crippen LogP contribution in [0.5, 0.6) is 5.88 Å². The van der Waals surface area contributed by atoms with Gasteiger partial charge in [0.2, 0.25) is 11.8 Å². The quantitative estimate of drug-likeness (QED) is 0.204. The predicted molar refractivity (Wildman–Crippen MR) is 175 cm³/mol. The Morgan fingerprint density at radius 3 is 2.57 bits per heavy atom. The Labute approximate surface area is 269 Å². The molecule has 0 saturated carbocycles. The Morgan fingerprint density at radius 2 is 1.74 bits per heavy atom. The Hall–Kier alpha value is -5.00. The average molecular weight is 638 g/mol. The van der Waals surface area contributed by atoms with Crippen LogP contribution in [0, 0.1) is 0 Å². The van der Waals surface area contributed by atoms with E-state index in [9.17, 15) is 9.59 Å². The van der Waals surface area contributed by atoms with Crippen molar-refractivity contribution in [2.24, 2.45) is 0 Å². The van der Waals surface area contributed by atoms with Crippen LogP contribution >= 0.6 is 11.6 Å². The van der Waals surface area contributed by atoms with Gasteiger partial charge in [0.25, 0.3) is 0 Å². The number of carbonyl (C=O) groups excluding carboxylic acids is 1. The van der Waals surface area contributed by atoms with E-state index in [0.717, 1.165) is 22.2 Å². The standard InChI is InChI=1S/C34H32ClN7O4/c35-27-10-5-4-9-25(27)26-19-41(32-30(26)33(38-22-37-32)46-18-17-45-21-23-7-2-1-3-8-23)20-29(43)40-15-12-24(13-16-40)42-28-11-6-14-36-31(28)39-34(42)44/h1-11,14,19,22,24H,12-13,15-18,20-21H2,(H,36,39,44). The van der Waals surface area contributed by atoms with E-state index in [1.165, 1.54) is 6.33 Å². The van der Waals surface area contributed by atoms with E-state index in [4.69, 9.17) is 21.1 Å². The number of piperidine rings is 1. The van der Waals surface area contributed by atoms with Gasteiger partial charge in [-0.3, -0.25) is 14.3 Å². The van der Waals surface area contributed by atoms with Crippen molar-refractivity contribution < 1.29 is 14.3 Å². The summed E-state index contributed by atoms with van der Waals surface area (Å²) < 4.78 is 15.5. The van der Waals surface area contributed by atoms with E-state index in [-0.39, 0.29) is 30.8 Å². The number of hydrogen-bond acceptors (Lipinski definition) is 7. The number of nitrogens with one attached hydrogen (secondary N) is 1. The van der Waals surface area contributed by atoms with Gasteiger partial charge in [0.15, 0.2) is 5.65 Å². The molecule has 0 radical (unpaired) electrons. The molecule has 1 saturated heterocycles. The molecule has 0 atom stereocenters. The molecule has 0 bridgehead atoms. The van der Waals surface area contributed by atoms with Crippen LogP contribution in [0.25, 0.3) is 33.3 Å². The summed E-state index contributed by atoms with van der Waals surface area (Å²) in [5, 5.41) is 1.25. The third-order valence-corrected chi connectivity index (χ3v) is 8.67. The second kappa shape index (κ2) is 13.2. The van der Waals surface area contributed by atoms with Crippen LogP contribution in [0.4, 0.5) is 0 Å². The lowest BCUT2D eigenvalue weighted by molar-refractivity contribution is -0.133. The van der Waals surface area contributed by atoms with Crippen molar-refractivity contribution in [2.45, 2.75) is 32.0 Å². The zero-order chi connectivity index (χ0) is 31.5. The number of amides is 1. The van der Waals surface area contributed by atoms with E-state index in [0.29, 0.717) is 66.7 Å². The van der Waals surface area contributed by atoms with Crippen LogP contribution in [0.1, 0.15) is 24.4 Å². The molecular weight excluding hydrogens is 606 g/mol. The van der Waals surface area contributed by atoms with Crippen molar-refractivity contribution in [1.29, 1.82) is 0 Å². The molecule has 1 fully saturated rings. The number of aromatic amines is 1. The maximum absolute atomic E-state index is 13.6. The summed E-state index contributed by atoms with van der Waals surface area (Å²) >= 11 is 6.64. The minimum atomic E-state index is -0.176. The van der Waals surface area contributed by atoms with Crippen molar-refractivity contribution in [1.82, 2.24) is 34.0 Å². The molecule has 1 N–H and O–H groups in total. The van der Waals surface area contributed by atoms with Crippen molar-refractivity contribution in [3.8, 4) is 17.0 Å². The Morgan fingerprint density at radius 1 is 0.935 bits per heavy atom. The minimum Gasteiger partial charge on any atom is -0.475 e. The highest BCUT2D eigenvalue weighted by atomic mass is 35.5. The molecule has 234 valence electrons. The molecule has 12 heteroatoms. The van der Waals surface area contributed by atoms with Gasteiger partial charge in [0, 0.05) is 47.7 Å². The number of H-pyrrole nitrogens is 1. The number of carbonyl (C=O) groups is 1. The first-order chi connectivity index (χ1) is 22.6. The molecule has 0 unspecified atom stereocenters. The number of pyridine rings is 1. The van der Waals surface area contributed by atoms with Crippen LogP contribution in [0.3, 0.4) is 0 Å². The van der Waals surface area contributed by atoms with Gasteiger partial charge in [-0.2, -0.15) is 0 Å². The lowest BCUT2D eigenvalue weighted by Crippen LogP contribution is -2.41. The molecule has 11 nitrogen and oxygen atoms in total. The lowest BCUT2D eigenvalue weighted by atomic mass is 10.0. The van der Waals surface area contributed by atoms with Gasteiger partial charge < -0.3 is 18.9 Å². The van der Waals surface area contributed by atoms with Gasteiger partial charge in [-0.15, -0.1) is 0 Å². The second-order valence-corrected chi connectivity index (χ2v) is 11.6. The zero-order valence-corrected chi connectivity index (χ0v) is 25.8. The number of imidazole rings is 1. The monoisotopic (exact) mass is 637 g/mol. The molecular formula is C34H32ClN7O4. The lowest BCUT2D eigenvalue weighted by Gasteiger charge is -2.32. The van der Waals surface area contributed by atoms with Gasteiger partial charge in [-0.1, -0.05) is 60.1 Å². The van der Waals surface area contributed by atoms with Crippen molar-refractivity contribution >= 4 is 39.7 Å². The predicted octanol–water partition coefficient (Wildman–Crippen LogP) is 5.25. The van der Waals surface area contributed by atoms with E-state index in [2.05, 4.69) is 19.9 Å². The Kier molecular flexibility index (Phi) is 8.49. The number of fused-ring (bicyclic) bond motifs is 2. The molecule has 0 aliphatic carbocycles.